The number of benzene rings is 2. The first kappa shape index (κ1) is 25.0. The summed E-state index contributed by atoms with van der Waals surface area (Å²) in [5.74, 6) is 0. The van der Waals surface area contributed by atoms with Crippen LogP contribution in [0, 0.1) is 0 Å². The van der Waals surface area contributed by atoms with Crippen molar-refractivity contribution in [2.45, 2.75) is 52.9 Å². The molecule has 0 saturated heterocycles. The van der Waals surface area contributed by atoms with E-state index in [1.807, 2.05) is 6.21 Å². The van der Waals surface area contributed by atoms with Gasteiger partial charge in [0.15, 0.2) is 0 Å². The van der Waals surface area contributed by atoms with Crippen molar-refractivity contribution < 1.29 is 20.4 Å². The Morgan fingerprint density at radius 1 is 0.759 bits per heavy atom. The van der Waals surface area contributed by atoms with E-state index in [2.05, 4.69) is 98.6 Å². The molecule has 0 radical (unpaired) electrons. The van der Waals surface area contributed by atoms with Crippen molar-refractivity contribution >= 4 is 35.5 Å². The van der Waals surface area contributed by atoms with Crippen molar-refractivity contribution in [2.75, 3.05) is 0 Å². The third-order valence-corrected chi connectivity index (χ3v) is 4.30. The Morgan fingerprint density at radius 3 is 1.76 bits per heavy atom. The predicted octanol–water partition coefficient (Wildman–Crippen LogP) is 8.20. The van der Waals surface area contributed by atoms with Crippen LogP contribution < -0.4 is 0 Å². The van der Waals surface area contributed by atoms with E-state index in [1.54, 1.807) is 0 Å². The minimum absolute atomic E-state index is 0. The molecule has 29 heavy (non-hydrogen) atoms. The fourth-order valence-corrected chi connectivity index (χ4v) is 2.66. The summed E-state index contributed by atoms with van der Waals surface area (Å²) in [5, 5.41) is 0. The number of hydrogen-bond donors (Lipinski definition) is 0. The second kappa shape index (κ2) is 14.9. The van der Waals surface area contributed by atoms with E-state index >= 15 is 0 Å². The monoisotopic (exact) mass is 478 g/mol. The van der Waals surface area contributed by atoms with Crippen LogP contribution in [0.2, 0.25) is 0 Å². The Hall–Kier alpha value is -2.08. The molecular weight excluding hydrogens is 447 g/mol. The molecule has 2 nitrogen and oxygen atoms in total. The zero-order valence-electron chi connectivity index (χ0n) is 17.8. The summed E-state index contributed by atoms with van der Waals surface area (Å²) < 4.78 is 0. The average Bonchev–Trinajstić information content (AvgIpc) is 2.74. The maximum Gasteiger partial charge on any atom is 0.0634 e. The van der Waals surface area contributed by atoms with Crippen molar-refractivity contribution in [3.05, 3.63) is 71.8 Å². The van der Waals surface area contributed by atoms with Gasteiger partial charge in [0.25, 0.3) is 0 Å². The van der Waals surface area contributed by atoms with Crippen LogP contribution >= 0.6 is 0 Å². The molecule has 0 saturated carbocycles. The van der Waals surface area contributed by atoms with E-state index in [4.69, 9.17) is 4.99 Å². The van der Waals surface area contributed by atoms with Crippen LogP contribution in [0.4, 0.5) is 11.4 Å². The second-order valence-electron chi connectivity index (χ2n) is 6.77. The summed E-state index contributed by atoms with van der Waals surface area (Å²) in [4.78, 5) is 9.47. The number of nitrogens with zero attached hydrogens (tertiary/aromatic N) is 2. The van der Waals surface area contributed by atoms with Crippen LogP contribution in [0.3, 0.4) is 0 Å². The number of allylic oxidation sites excluding steroid dienone is 2. The van der Waals surface area contributed by atoms with Gasteiger partial charge in [-0.25, -0.2) is 0 Å². The molecule has 3 heteroatoms. The van der Waals surface area contributed by atoms with E-state index in [0.717, 1.165) is 49.2 Å². The standard InChI is InChI=1S/C26H32N2.Pd/c1-4-7-10-22-13-17-24(18-14-22)27-21-26(12-9-6-3)28-25-19-15-23(16-20-25)11-8-5-2;/h7-8,10-11,13-21H,4-6,9,12H2,1-3H3;. The molecular formula is C26H32N2Pd. The number of aliphatic imine (C=N–C) groups is 2. The quantitative estimate of drug-likeness (QED) is 0.243. The Bertz CT molecular complexity index is 813. The third-order valence-electron chi connectivity index (χ3n) is 4.30. The molecule has 0 amide bonds. The summed E-state index contributed by atoms with van der Waals surface area (Å²) in [6, 6.07) is 16.7. The van der Waals surface area contributed by atoms with Gasteiger partial charge in [-0.3, -0.25) is 9.98 Å². The van der Waals surface area contributed by atoms with Gasteiger partial charge >= 0.3 is 0 Å². The molecule has 2 aromatic rings. The zero-order chi connectivity index (χ0) is 20.0. The molecule has 2 rings (SSSR count). The minimum atomic E-state index is 0. The first-order chi connectivity index (χ1) is 13.7. The van der Waals surface area contributed by atoms with Crippen molar-refractivity contribution in [3.8, 4) is 0 Å². The van der Waals surface area contributed by atoms with E-state index < -0.39 is 0 Å². The topological polar surface area (TPSA) is 24.7 Å². The summed E-state index contributed by atoms with van der Waals surface area (Å²) in [7, 11) is 0. The molecule has 0 aliphatic rings. The Balaban J connectivity index is 0.00000420. The third kappa shape index (κ3) is 9.79. The largest absolute Gasteiger partial charge is 0.255 e. The number of rotatable bonds is 10. The molecule has 0 fully saturated rings. The first-order valence-electron chi connectivity index (χ1n) is 10.4. The molecule has 0 spiro atoms. The van der Waals surface area contributed by atoms with Gasteiger partial charge < -0.3 is 0 Å². The molecule has 0 atom stereocenters. The minimum Gasteiger partial charge on any atom is -0.255 e. The van der Waals surface area contributed by atoms with Gasteiger partial charge in [-0.05, 0) is 61.1 Å². The average molecular weight is 479 g/mol. The Morgan fingerprint density at radius 2 is 1.28 bits per heavy atom. The first-order valence-corrected chi connectivity index (χ1v) is 10.4. The van der Waals surface area contributed by atoms with Crippen molar-refractivity contribution in [1.29, 1.82) is 0 Å². The number of unbranched alkanes of at least 4 members (excludes halogenated alkanes) is 1. The molecule has 0 N–H and O–H groups in total. The van der Waals surface area contributed by atoms with Crippen molar-refractivity contribution in [1.82, 2.24) is 0 Å². The molecule has 0 aliphatic heterocycles. The van der Waals surface area contributed by atoms with E-state index in [1.165, 1.54) is 11.1 Å². The van der Waals surface area contributed by atoms with Crippen molar-refractivity contribution in [3.63, 3.8) is 0 Å². The maximum absolute atomic E-state index is 4.82. The molecule has 156 valence electrons. The maximum atomic E-state index is 4.82. The molecule has 0 bridgehead atoms. The summed E-state index contributed by atoms with van der Waals surface area (Å²) in [6.07, 6.45) is 15.8. The van der Waals surface area contributed by atoms with Crippen LogP contribution in [-0.4, -0.2) is 11.9 Å². The van der Waals surface area contributed by atoms with Crippen LogP contribution in [0.15, 0.2) is 70.7 Å². The van der Waals surface area contributed by atoms with Crippen LogP contribution in [-0.2, 0) is 20.4 Å². The molecule has 0 aliphatic carbocycles. The predicted molar refractivity (Wildman–Crippen MR) is 126 cm³/mol. The van der Waals surface area contributed by atoms with Gasteiger partial charge in [-0.2, -0.15) is 0 Å². The molecule has 0 unspecified atom stereocenters. The fourth-order valence-electron chi connectivity index (χ4n) is 2.66. The summed E-state index contributed by atoms with van der Waals surface area (Å²) in [6.45, 7) is 6.48. The second-order valence-corrected chi connectivity index (χ2v) is 6.77. The van der Waals surface area contributed by atoms with E-state index in [0.29, 0.717) is 0 Å². The van der Waals surface area contributed by atoms with Gasteiger partial charge in [0, 0.05) is 26.6 Å². The van der Waals surface area contributed by atoms with E-state index in [9.17, 15) is 0 Å². The smallest absolute Gasteiger partial charge is 0.0634 e. The normalized spacial score (nSPS) is 12.2. The fraction of sp³-hybridized carbons (Fsp3) is 0.308. The zero-order valence-corrected chi connectivity index (χ0v) is 19.3. The molecule has 2 aromatic carbocycles. The number of hydrogen-bond acceptors (Lipinski definition) is 2. The van der Waals surface area contributed by atoms with Gasteiger partial charge in [0.1, 0.15) is 0 Å². The molecule has 0 aromatic heterocycles. The van der Waals surface area contributed by atoms with Crippen LogP contribution in [0.1, 0.15) is 64.0 Å². The Labute approximate surface area is 190 Å². The SMILES string of the molecule is CCC=Cc1ccc(N=CC(CCCC)=Nc2ccc(C=CCC)cc2)cc1.[Pd]. The summed E-state index contributed by atoms with van der Waals surface area (Å²) in [5.41, 5.74) is 5.37. The van der Waals surface area contributed by atoms with Gasteiger partial charge in [-0.15, -0.1) is 0 Å². The molecule has 0 heterocycles. The van der Waals surface area contributed by atoms with E-state index in [-0.39, 0.29) is 20.4 Å². The van der Waals surface area contributed by atoms with Crippen LogP contribution in [0.5, 0.6) is 0 Å². The summed E-state index contributed by atoms with van der Waals surface area (Å²) >= 11 is 0. The van der Waals surface area contributed by atoms with Gasteiger partial charge in [0.05, 0.1) is 17.1 Å². The van der Waals surface area contributed by atoms with Gasteiger partial charge in [-0.1, -0.05) is 75.8 Å². The van der Waals surface area contributed by atoms with Gasteiger partial charge in [0.2, 0.25) is 0 Å². The Kier molecular flexibility index (Phi) is 12.8. The van der Waals surface area contributed by atoms with Crippen LogP contribution in [0.25, 0.3) is 12.2 Å². The van der Waals surface area contributed by atoms with Crippen molar-refractivity contribution in [2.24, 2.45) is 9.98 Å².